The molecule has 358 valence electrons. The van der Waals surface area contributed by atoms with Crippen molar-refractivity contribution in [2.75, 3.05) is 0 Å². The van der Waals surface area contributed by atoms with Gasteiger partial charge in [-0.15, -0.1) is 0 Å². The van der Waals surface area contributed by atoms with E-state index in [0.717, 1.165) is 108 Å². The van der Waals surface area contributed by atoms with Gasteiger partial charge in [0.2, 0.25) is 30.4 Å². The second-order valence-corrected chi connectivity index (χ2v) is 15.5. The molecule has 0 bridgehead atoms. The Hall–Kier alpha value is -6.51. The van der Waals surface area contributed by atoms with Gasteiger partial charge in [0.1, 0.15) is 11.5 Å². The first-order valence-electron chi connectivity index (χ1n) is 21.7. The number of isocyanates is 5. The minimum absolute atomic E-state index is 0.124. The first-order valence-corrected chi connectivity index (χ1v) is 22.9. The molecule has 0 aliphatic heterocycles. The summed E-state index contributed by atoms with van der Waals surface area (Å²) in [6.07, 6.45) is 11.5. The number of benzene rings is 5. The molecule has 0 spiro atoms. The quantitative estimate of drug-likeness (QED) is 0.0582. The number of nitrogens with zero attached hydrogens (tertiary/aromatic N) is 5. The molecule has 0 N–H and O–H groups in total. The smallest absolute Gasteiger partial charge is 0.211 e. The fourth-order valence-electron chi connectivity index (χ4n) is 6.48. The molecule has 16 heteroatoms. The van der Waals surface area contributed by atoms with E-state index in [2.05, 4.69) is 68.6 Å². The van der Waals surface area contributed by atoms with E-state index in [1.165, 1.54) is 30.4 Å². The molecule has 0 saturated carbocycles. The summed E-state index contributed by atoms with van der Waals surface area (Å²) < 4.78 is 51.4. The number of hydrogen-bond donors (Lipinski definition) is 0. The Morgan fingerprint density at radius 3 is 1.26 bits per heavy atom. The van der Waals surface area contributed by atoms with Gasteiger partial charge in [-0.1, -0.05) is 146 Å². The van der Waals surface area contributed by atoms with E-state index < -0.39 is 17.6 Å². The maximum atomic E-state index is 13.1. The van der Waals surface area contributed by atoms with E-state index in [0.29, 0.717) is 28.4 Å². The van der Waals surface area contributed by atoms with E-state index in [1.807, 2.05) is 55.5 Å². The Kier molecular flexibility index (Phi) is 29.6. The molecule has 0 fully saturated rings. The van der Waals surface area contributed by atoms with Gasteiger partial charge in [-0.25, -0.2) is 28.4 Å². The van der Waals surface area contributed by atoms with Crippen molar-refractivity contribution >= 4 is 86.4 Å². The van der Waals surface area contributed by atoms with Crippen LogP contribution in [0.5, 0.6) is 0 Å². The normalized spacial score (nSPS) is 9.76. The second-order valence-electron chi connectivity index (χ2n) is 14.2. The second kappa shape index (κ2) is 33.9. The summed E-state index contributed by atoms with van der Waals surface area (Å²) in [5, 5.41) is 0.509. The largest absolute Gasteiger partial charge is 0.418 e. The van der Waals surface area contributed by atoms with Crippen molar-refractivity contribution in [3.63, 3.8) is 0 Å². The highest BCUT2D eigenvalue weighted by Gasteiger charge is 2.34. The van der Waals surface area contributed by atoms with Crippen molar-refractivity contribution in [2.24, 2.45) is 25.0 Å². The Bertz CT molecular complexity index is 2460. The predicted molar refractivity (Wildman–Crippen MR) is 264 cm³/mol. The van der Waals surface area contributed by atoms with Gasteiger partial charge in [-0.3, -0.25) is 0 Å². The van der Waals surface area contributed by atoms with E-state index in [-0.39, 0.29) is 11.4 Å². The number of aryl methyl sites for hydroxylation is 6. The Balaban J connectivity index is 0.000000425. The fourth-order valence-corrected chi connectivity index (χ4v) is 7.21. The van der Waals surface area contributed by atoms with E-state index in [4.69, 9.17) is 11.6 Å². The zero-order valence-electron chi connectivity index (χ0n) is 38.8. The maximum Gasteiger partial charge on any atom is 0.418 e. The third-order valence-corrected chi connectivity index (χ3v) is 10.4. The lowest BCUT2D eigenvalue weighted by Gasteiger charge is -2.11. The average Bonchev–Trinajstić information content (AvgIpc) is 3.31. The lowest BCUT2D eigenvalue weighted by molar-refractivity contribution is -0.137. The van der Waals surface area contributed by atoms with Crippen LogP contribution in [-0.4, -0.2) is 30.4 Å². The zero-order chi connectivity index (χ0) is 50.9. The molecule has 0 unspecified atom stereocenters. The molecule has 5 aromatic rings. The van der Waals surface area contributed by atoms with Crippen LogP contribution < -0.4 is 0 Å². The molecule has 0 aliphatic rings. The molecule has 10 nitrogen and oxygen atoms in total. The van der Waals surface area contributed by atoms with Gasteiger partial charge in [0.05, 0.1) is 33.3 Å². The molecule has 0 heterocycles. The van der Waals surface area contributed by atoms with Crippen molar-refractivity contribution in [3.05, 3.63) is 145 Å². The molecule has 0 radical (unpaired) electrons. The number of carbonyl (C=O) groups excluding carboxylic acids is 5. The van der Waals surface area contributed by atoms with Gasteiger partial charge >= 0.3 is 6.18 Å². The van der Waals surface area contributed by atoms with Crippen molar-refractivity contribution < 1.29 is 41.5 Å². The average molecular weight is 1020 g/mol. The molecule has 0 aliphatic carbocycles. The number of para-hydroxylation sites is 5. The van der Waals surface area contributed by atoms with Crippen LogP contribution in [-0.2, 0) is 68.7 Å². The van der Waals surface area contributed by atoms with E-state index >= 15 is 0 Å². The van der Waals surface area contributed by atoms with Crippen LogP contribution in [0.2, 0.25) is 5.02 Å². The van der Waals surface area contributed by atoms with Crippen molar-refractivity contribution in [1.29, 1.82) is 0 Å². The summed E-state index contributed by atoms with van der Waals surface area (Å²) in [7, 11) is 0. The fraction of sp³-hybridized carbons (Fsp3) is 0.327. The molecular weight excluding hydrogens is 966 g/mol. The third kappa shape index (κ3) is 20.2. The van der Waals surface area contributed by atoms with Gasteiger partial charge in [-0.05, 0) is 112 Å². The number of halogens is 6. The van der Waals surface area contributed by atoms with Gasteiger partial charge < -0.3 is 0 Å². The molecule has 68 heavy (non-hydrogen) atoms. The highest BCUT2D eigenvalue weighted by atomic mass is 79.9. The van der Waals surface area contributed by atoms with Gasteiger partial charge in [0, 0.05) is 4.47 Å². The molecule has 0 aromatic heterocycles. The van der Waals surface area contributed by atoms with Crippen molar-refractivity contribution in [3.8, 4) is 0 Å². The summed E-state index contributed by atoms with van der Waals surface area (Å²) in [4.78, 5) is 68.2. The highest BCUT2D eigenvalue weighted by molar-refractivity contribution is 9.10. The van der Waals surface area contributed by atoms with Crippen LogP contribution in [0.25, 0.3) is 0 Å². The molecule has 0 amide bonds. The molecule has 5 aromatic carbocycles. The van der Waals surface area contributed by atoms with Crippen molar-refractivity contribution in [2.45, 2.75) is 112 Å². The molecular formula is C52H53BrClF4N5O5. The predicted octanol–water partition coefficient (Wildman–Crippen LogP) is 15.8. The highest BCUT2D eigenvalue weighted by Crippen LogP contribution is 2.38. The number of rotatable bonds is 15. The minimum Gasteiger partial charge on any atom is -0.211 e. The van der Waals surface area contributed by atoms with Crippen LogP contribution in [0, 0.1) is 5.82 Å². The van der Waals surface area contributed by atoms with Crippen LogP contribution in [0.3, 0.4) is 0 Å². The van der Waals surface area contributed by atoms with E-state index in [1.54, 1.807) is 37.3 Å². The Morgan fingerprint density at radius 1 is 0.456 bits per heavy atom. The lowest BCUT2D eigenvalue weighted by Crippen LogP contribution is -2.06. The van der Waals surface area contributed by atoms with Crippen LogP contribution in [0.15, 0.2) is 120 Å². The van der Waals surface area contributed by atoms with Crippen LogP contribution >= 0.6 is 27.5 Å². The third-order valence-electron chi connectivity index (χ3n) is 9.47. The number of hydrogen-bond acceptors (Lipinski definition) is 10. The number of alkyl halides is 3. The SMILES string of the molecule is CCCc1cccc(Br)c1N=C=O.CCCc1cccc(CC)c1N=C=O.CCCc1cccc(Cl)c1N=C=O.CCCc1cccc(F)c1N=C=O.CCc1cccc(C(F)(F)F)c1N=C=O. The Morgan fingerprint density at radius 2 is 0.794 bits per heavy atom. The van der Waals surface area contributed by atoms with Gasteiger partial charge in [0.15, 0.2) is 0 Å². The summed E-state index contributed by atoms with van der Waals surface area (Å²) in [6, 6.07) is 25.7. The van der Waals surface area contributed by atoms with Gasteiger partial charge in [0.25, 0.3) is 0 Å². The first-order chi connectivity index (χ1) is 32.7. The molecule has 0 saturated heterocycles. The lowest BCUT2D eigenvalue weighted by atomic mass is 10.0. The number of aliphatic imine (C=N–C) groups is 5. The molecule has 0 atom stereocenters. The minimum atomic E-state index is -4.50. The maximum absolute atomic E-state index is 13.1. The first kappa shape index (κ1) is 59.5. The molecule has 5 rings (SSSR count). The summed E-state index contributed by atoms with van der Waals surface area (Å²) >= 11 is 9.22. The zero-order valence-corrected chi connectivity index (χ0v) is 41.1. The van der Waals surface area contributed by atoms with Crippen LogP contribution in [0.1, 0.15) is 106 Å². The van der Waals surface area contributed by atoms with Crippen molar-refractivity contribution in [1.82, 2.24) is 0 Å². The Labute approximate surface area is 408 Å². The summed E-state index contributed by atoms with van der Waals surface area (Å²) in [6.45, 7) is 12.0. The summed E-state index contributed by atoms with van der Waals surface area (Å²) in [5.74, 6) is -0.464. The topological polar surface area (TPSA) is 147 Å². The summed E-state index contributed by atoms with van der Waals surface area (Å²) in [5.41, 5.74) is 6.48. The van der Waals surface area contributed by atoms with Crippen LogP contribution in [0.4, 0.5) is 46.0 Å². The monoisotopic (exact) mass is 1020 g/mol. The van der Waals surface area contributed by atoms with E-state index in [9.17, 15) is 41.5 Å². The van der Waals surface area contributed by atoms with Gasteiger partial charge in [-0.2, -0.15) is 38.1 Å². The standard InChI is InChI=1S/C12H15NO.C10H10BrNO.C10H10ClNO.C10H8F3NO.C10H10FNO/c1-3-6-11-8-5-7-10(4-2)12(11)13-9-14;2*1-2-4-8-5-3-6-9(11)10(8)12-7-13;1-2-7-4-3-5-8(10(11,12)13)9(7)14-6-15;1-2-4-8-5-3-6-9(11)10(8)12-7-13/h5,7-8H,3-4,6H2,1-2H3;2*3,5-6H,2,4H2,1H3;3-5H,2H2,1H3;3,5-6H,2,4H2,1H3.